The van der Waals surface area contributed by atoms with Gasteiger partial charge in [0, 0.05) is 50.4 Å². The van der Waals surface area contributed by atoms with E-state index in [2.05, 4.69) is 26.0 Å². The summed E-state index contributed by atoms with van der Waals surface area (Å²) >= 11 is 0. The SMILES string of the molecule is CC(=O)N1CCN(c2ccc(-c3cc(OCc4nc(C)co4)cn4ncc(C#N)c34)cn2)CC1. The highest BCUT2D eigenvalue weighted by Gasteiger charge is 2.20. The van der Waals surface area contributed by atoms with Gasteiger partial charge in [0.25, 0.3) is 0 Å². The molecule has 1 aliphatic heterocycles. The van der Waals surface area contributed by atoms with Gasteiger partial charge >= 0.3 is 0 Å². The number of aryl methyl sites for hydroxylation is 1. The molecule has 0 unspecified atom stereocenters. The molecule has 1 amide bonds. The number of hydrogen-bond donors (Lipinski definition) is 0. The van der Waals surface area contributed by atoms with Crippen LogP contribution in [0.5, 0.6) is 5.75 Å². The predicted molar refractivity (Wildman–Crippen MR) is 123 cm³/mol. The Morgan fingerprint density at radius 2 is 2.06 bits per heavy atom. The fourth-order valence-electron chi connectivity index (χ4n) is 4.07. The Morgan fingerprint density at radius 3 is 2.71 bits per heavy atom. The quantitative estimate of drug-likeness (QED) is 0.450. The molecule has 0 bridgehead atoms. The average molecular weight is 457 g/mol. The summed E-state index contributed by atoms with van der Waals surface area (Å²) < 4.78 is 12.9. The van der Waals surface area contributed by atoms with Crippen molar-refractivity contribution in [1.82, 2.24) is 24.5 Å². The van der Waals surface area contributed by atoms with Crippen LogP contribution in [0.2, 0.25) is 0 Å². The van der Waals surface area contributed by atoms with Crippen LogP contribution in [0.3, 0.4) is 0 Å². The number of ether oxygens (including phenoxy) is 1. The van der Waals surface area contributed by atoms with E-state index in [0.717, 1.165) is 35.7 Å². The fraction of sp³-hybridized carbons (Fsp3) is 0.292. The molecule has 10 nitrogen and oxygen atoms in total. The van der Waals surface area contributed by atoms with E-state index in [9.17, 15) is 10.1 Å². The first-order valence-corrected chi connectivity index (χ1v) is 10.9. The van der Waals surface area contributed by atoms with E-state index in [1.54, 1.807) is 30.1 Å². The third kappa shape index (κ3) is 4.15. The minimum Gasteiger partial charge on any atom is -0.482 e. The number of piperazine rings is 1. The molecule has 5 heterocycles. The summed E-state index contributed by atoms with van der Waals surface area (Å²) in [6.07, 6.45) is 6.63. The number of hydrogen-bond acceptors (Lipinski definition) is 8. The number of pyridine rings is 2. The summed E-state index contributed by atoms with van der Waals surface area (Å²) in [7, 11) is 0. The van der Waals surface area contributed by atoms with E-state index in [1.807, 2.05) is 30.0 Å². The summed E-state index contributed by atoms with van der Waals surface area (Å²) in [6, 6.07) is 8.01. The molecule has 172 valence electrons. The van der Waals surface area contributed by atoms with Crippen molar-refractivity contribution in [3.63, 3.8) is 0 Å². The van der Waals surface area contributed by atoms with E-state index in [1.165, 1.54) is 6.20 Å². The molecule has 4 aromatic heterocycles. The van der Waals surface area contributed by atoms with Gasteiger partial charge in [0.1, 0.15) is 23.9 Å². The number of rotatable bonds is 5. The Hall–Kier alpha value is -4.39. The van der Waals surface area contributed by atoms with E-state index in [4.69, 9.17) is 9.15 Å². The van der Waals surface area contributed by atoms with Crippen LogP contribution >= 0.6 is 0 Å². The highest BCUT2D eigenvalue weighted by atomic mass is 16.5. The van der Waals surface area contributed by atoms with Crippen LogP contribution in [-0.2, 0) is 11.4 Å². The maximum Gasteiger partial charge on any atom is 0.232 e. The Balaban J connectivity index is 1.43. The van der Waals surface area contributed by atoms with Crippen LogP contribution in [0.25, 0.3) is 16.6 Å². The van der Waals surface area contributed by atoms with Gasteiger partial charge in [-0.1, -0.05) is 0 Å². The zero-order valence-corrected chi connectivity index (χ0v) is 18.9. The largest absolute Gasteiger partial charge is 0.482 e. The molecule has 0 radical (unpaired) electrons. The lowest BCUT2D eigenvalue weighted by Crippen LogP contribution is -2.48. The van der Waals surface area contributed by atoms with Crippen LogP contribution in [-0.4, -0.2) is 56.6 Å². The van der Waals surface area contributed by atoms with Gasteiger partial charge in [-0.2, -0.15) is 10.4 Å². The third-order valence-corrected chi connectivity index (χ3v) is 5.84. The molecule has 1 saturated heterocycles. The molecule has 0 aromatic carbocycles. The van der Waals surface area contributed by atoms with Crippen LogP contribution in [0.15, 0.2) is 47.5 Å². The molecule has 1 aliphatic rings. The van der Waals surface area contributed by atoms with E-state index >= 15 is 0 Å². The number of oxazole rings is 1. The first-order valence-electron chi connectivity index (χ1n) is 10.9. The number of amides is 1. The van der Waals surface area contributed by atoms with Crippen LogP contribution in [0, 0.1) is 18.3 Å². The van der Waals surface area contributed by atoms with Crippen LogP contribution in [0.4, 0.5) is 5.82 Å². The van der Waals surface area contributed by atoms with Crippen LogP contribution < -0.4 is 9.64 Å². The second-order valence-electron chi connectivity index (χ2n) is 8.12. The minimum atomic E-state index is 0.0983. The predicted octanol–water partition coefficient (Wildman–Crippen LogP) is 2.81. The molecule has 10 heteroatoms. The maximum absolute atomic E-state index is 11.6. The second kappa shape index (κ2) is 8.86. The number of nitrogens with zero attached hydrogens (tertiary/aromatic N) is 7. The lowest BCUT2D eigenvalue weighted by atomic mass is 10.1. The zero-order valence-electron chi connectivity index (χ0n) is 18.9. The van der Waals surface area contributed by atoms with Crippen LogP contribution in [0.1, 0.15) is 24.1 Å². The molecule has 5 rings (SSSR count). The van der Waals surface area contributed by atoms with Crippen molar-refractivity contribution in [3.8, 4) is 22.9 Å². The minimum absolute atomic E-state index is 0.0983. The second-order valence-corrected chi connectivity index (χ2v) is 8.12. The van der Waals surface area contributed by atoms with E-state index in [-0.39, 0.29) is 12.5 Å². The molecule has 1 fully saturated rings. The highest BCUT2D eigenvalue weighted by molar-refractivity contribution is 5.85. The van der Waals surface area contributed by atoms with Crippen molar-refractivity contribution in [3.05, 3.63) is 60.2 Å². The molecule has 0 spiro atoms. The van der Waals surface area contributed by atoms with Crippen molar-refractivity contribution in [1.29, 1.82) is 5.26 Å². The molecule has 0 saturated carbocycles. The van der Waals surface area contributed by atoms with Crippen molar-refractivity contribution in [2.45, 2.75) is 20.5 Å². The number of aromatic nitrogens is 4. The van der Waals surface area contributed by atoms with E-state index < -0.39 is 0 Å². The average Bonchev–Trinajstić information content (AvgIpc) is 3.48. The first-order chi connectivity index (χ1) is 16.5. The Morgan fingerprint density at radius 1 is 1.24 bits per heavy atom. The van der Waals surface area contributed by atoms with Gasteiger partial charge in [-0.15, -0.1) is 0 Å². The summed E-state index contributed by atoms with van der Waals surface area (Å²) in [4.78, 5) is 24.5. The smallest absolute Gasteiger partial charge is 0.232 e. The van der Waals surface area contributed by atoms with Gasteiger partial charge in [0.2, 0.25) is 11.8 Å². The monoisotopic (exact) mass is 457 g/mol. The molecular weight excluding hydrogens is 434 g/mol. The van der Waals surface area contributed by atoms with Crippen molar-refractivity contribution < 1.29 is 13.9 Å². The van der Waals surface area contributed by atoms with Gasteiger partial charge in [0.05, 0.1) is 29.2 Å². The molecule has 0 N–H and O–H groups in total. The van der Waals surface area contributed by atoms with E-state index in [0.29, 0.717) is 35.8 Å². The Bertz CT molecular complexity index is 1380. The zero-order chi connectivity index (χ0) is 23.7. The number of carbonyl (C=O) groups is 1. The Labute approximate surface area is 196 Å². The number of anilines is 1. The number of fused-ring (bicyclic) bond motifs is 1. The van der Waals surface area contributed by atoms with Crippen molar-refractivity contribution in [2.75, 3.05) is 31.1 Å². The molecule has 0 aliphatic carbocycles. The summed E-state index contributed by atoms with van der Waals surface area (Å²) in [5, 5.41) is 13.9. The third-order valence-electron chi connectivity index (χ3n) is 5.84. The summed E-state index contributed by atoms with van der Waals surface area (Å²) in [5.41, 5.74) is 3.57. The number of nitriles is 1. The van der Waals surface area contributed by atoms with Gasteiger partial charge in [0.15, 0.2) is 6.61 Å². The summed E-state index contributed by atoms with van der Waals surface area (Å²) in [6.45, 7) is 6.47. The van der Waals surface area contributed by atoms with Crippen molar-refractivity contribution >= 4 is 17.2 Å². The van der Waals surface area contributed by atoms with Gasteiger partial charge in [-0.25, -0.2) is 14.5 Å². The lowest BCUT2D eigenvalue weighted by molar-refractivity contribution is -0.129. The topological polar surface area (TPSA) is 113 Å². The fourth-order valence-corrected chi connectivity index (χ4v) is 4.07. The number of carbonyl (C=O) groups excluding carboxylic acids is 1. The van der Waals surface area contributed by atoms with Gasteiger partial charge < -0.3 is 19.0 Å². The molecule has 0 atom stereocenters. The first kappa shape index (κ1) is 21.5. The summed E-state index contributed by atoms with van der Waals surface area (Å²) in [5.74, 6) is 1.99. The Kier molecular flexibility index (Phi) is 5.59. The highest BCUT2D eigenvalue weighted by Crippen LogP contribution is 2.31. The van der Waals surface area contributed by atoms with Crippen molar-refractivity contribution in [2.24, 2.45) is 0 Å². The normalized spacial score (nSPS) is 13.8. The van der Waals surface area contributed by atoms with Gasteiger partial charge in [-0.3, -0.25) is 4.79 Å². The molecule has 34 heavy (non-hydrogen) atoms. The maximum atomic E-state index is 11.6. The molecule has 4 aromatic rings. The molecular formula is C24H23N7O3. The van der Waals surface area contributed by atoms with Gasteiger partial charge in [-0.05, 0) is 25.1 Å². The standard InChI is InChI=1S/C24H23N7O3/c1-16-14-34-23(28-16)15-33-20-9-21(24-19(10-25)12-27-31(24)13-20)18-3-4-22(26-11-18)30-7-5-29(6-8-30)17(2)32/h3-4,9,11-14H,5-8,15H2,1-2H3. The lowest BCUT2D eigenvalue weighted by Gasteiger charge is -2.34.